The number of ether oxygens (including phenoxy) is 1. The van der Waals surface area contributed by atoms with Gasteiger partial charge in [0.1, 0.15) is 9.77 Å². The summed E-state index contributed by atoms with van der Waals surface area (Å²) in [5, 5.41) is 10.7. The van der Waals surface area contributed by atoms with Crippen LogP contribution in [0, 0.1) is 0 Å². The van der Waals surface area contributed by atoms with E-state index < -0.39 is 44.4 Å². The van der Waals surface area contributed by atoms with Crippen molar-refractivity contribution in [3.05, 3.63) is 46.2 Å². The lowest BCUT2D eigenvalue weighted by atomic mass is 9.92. The highest BCUT2D eigenvalue weighted by atomic mass is 32.2. The van der Waals surface area contributed by atoms with Crippen molar-refractivity contribution in [3.8, 4) is 0 Å². The van der Waals surface area contributed by atoms with E-state index in [1.54, 1.807) is 0 Å². The van der Waals surface area contributed by atoms with E-state index in [0.29, 0.717) is 28.6 Å². The lowest BCUT2D eigenvalue weighted by molar-refractivity contribution is -0.376. The van der Waals surface area contributed by atoms with Gasteiger partial charge in [-0.25, -0.2) is 13.2 Å². The number of carbonyl (C=O) groups excluding carboxylic acids is 1. The van der Waals surface area contributed by atoms with Gasteiger partial charge in [-0.05, 0) is 23.6 Å². The van der Waals surface area contributed by atoms with Crippen molar-refractivity contribution in [1.82, 2.24) is 0 Å². The Morgan fingerprint density at radius 2 is 1.53 bits per heavy atom. The maximum Gasteiger partial charge on any atom is 0.430 e. The minimum atomic E-state index is -6.07. The van der Waals surface area contributed by atoms with Gasteiger partial charge in [0.05, 0.1) is 12.8 Å². The molecule has 2 rings (SSSR count). The third kappa shape index (κ3) is 3.86. The minimum Gasteiger partial charge on any atom is -0.465 e. The number of rotatable bonds is 5. The van der Waals surface area contributed by atoms with Gasteiger partial charge in [0, 0.05) is 12.6 Å². The molecule has 0 saturated carbocycles. The van der Waals surface area contributed by atoms with Gasteiger partial charge in [0.2, 0.25) is 0 Å². The summed E-state index contributed by atoms with van der Waals surface area (Å²) >= 11 is 0.770. The van der Waals surface area contributed by atoms with E-state index in [-0.39, 0.29) is 10.6 Å². The predicted octanol–water partition coefficient (Wildman–Crippen LogP) is 3.67. The van der Waals surface area contributed by atoms with E-state index in [2.05, 4.69) is 4.74 Å². The molecule has 30 heavy (non-hydrogen) atoms. The highest BCUT2D eigenvalue weighted by molar-refractivity contribution is 7.93. The molecule has 14 heteroatoms. The Bertz CT molecular complexity index is 1010. The van der Waals surface area contributed by atoms with Crippen LogP contribution < -0.4 is 4.31 Å². The van der Waals surface area contributed by atoms with Crippen molar-refractivity contribution >= 4 is 33.0 Å². The normalized spacial score (nSPS) is 13.2. The fourth-order valence-corrected chi connectivity index (χ4v) is 4.93. The van der Waals surface area contributed by atoms with Gasteiger partial charge in [-0.1, -0.05) is 12.1 Å². The van der Waals surface area contributed by atoms with Gasteiger partial charge in [-0.3, -0.25) is 4.31 Å². The summed E-state index contributed by atoms with van der Waals surface area (Å²) in [4.78, 5) is 11.0. The van der Waals surface area contributed by atoms with E-state index in [4.69, 9.17) is 0 Å². The third-order valence-electron chi connectivity index (χ3n) is 4.11. The lowest BCUT2D eigenvalue weighted by Crippen LogP contribution is -2.53. The molecule has 1 N–H and O–H groups in total. The molecular formula is C16H13F6NO5S2. The van der Waals surface area contributed by atoms with Crippen LogP contribution in [0.3, 0.4) is 0 Å². The number of methoxy groups -OCH3 is 1. The molecule has 0 amide bonds. The van der Waals surface area contributed by atoms with Gasteiger partial charge in [0.25, 0.3) is 15.6 Å². The van der Waals surface area contributed by atoms with E-state index in [0.717, 1.165) is 31.6 Å². The van der Waals surface area contributed by atoms with Crippen LogP contribution in [0.1, 0.15) is 15.2 Å². The first-order chi connectivity index (χ1) is 13.6. The molecule has 0 unspecified atom stereocenters. The average molecular weight is 477 g/mol. The lowest BCUT2D eigenvalue weighted by Gasteiger charge is -2.33. The maximum absolute atomic E-state index is 13.0. The molecule has 0 aliphatic rings. The van der Waals surface area contributed by atoms with Crippen LogP contribution in [0.15, 0.2) is 40.6 Å². The number of sulfonamides is 1. The topological polar surface area (TPSA) is 83.9 Å². The molecule has 0 radical (unpaired) electrons. The summed E-state index contributed by atoms with van der Waals surface area (Å²) in [6, 6.07) is 3.07. The molecule has 0 aliphatic carbocycles. The first-order valence-electron chi connectivity index (χ1n) is 7.70. The number of halogens is 6. The first kappa shape index (κ1) is 24.0. The Kier molecular flexibility index (Phi) is 6.18. The minimum absolute atomic E-state index is 0.260. The van der Waals surface area contributed by atoms with Crippen molar-refractivity contribution in [1.29, 1.82) is 0 Å². The molecule has 0 spiro atoms. The van der Waals surface area contributed by atoms with Crippen molar-refractivity contribution in [2.75, 3.05) is 18.5 Å². The third-order valence-corrected chi connectivity index (χ3v) is 6.96. The summed E-state index contributed by atoms with van der Waals surface area (Å²) < 4.78 is 108. The molecule has 1 aromatic heterocycles. The number of alkyl halides is 6. The van der Waals surface area contributed by atoms with Gasteiger partial charge < -0.3 is 9.84 Å². The smallest absolute Gasteiger partial charge is 0.430 e. The Morgan fingerprint density at radius 1 is 1.03 bits per heavy atom. The largest absolute Gasteiger partial charge is 0.465 e. The van der Waals surface area contributed by atoms with Crippen LogP contribution in [0.5, 0.6) is 0 Å². The van der Waals surface area contributed by atoms with Gasteiger partial charge in [-0.15, -0.1) is 11.3 Å². The zero-order chi connectivity index (χ0) is 23.1. The molecule has 6 nitrogen and oxygen atoms in total. The van der Waals surface area contributed by atoms with Gasteiger partial charge in [-0.2, -0.15) is 26.3 Å². The highest BCUT2D eigenvalue weighted by Gasteiger charge is 2.71. The summed E-state index contributed by atoms with van der Waals surface area (Å²) in [6.45, 7) is 0. The van der Waals surface area contributed by atoms with Crippen LogP contribution in [0.25, 0.3) is 0 Å². The molecule has 1 aromatic carbocycles. The summed E-state index contributed by atoms with van der Waals surface area (Å²) in [5.74, 6) is -0.937. The zero-order valence-electron chi connectivity index (χ0n) is 15.1. The zero-order valence-corrected chi connectivity index (χ0v) is 16.7. The number of nitrogens with zero attached hydrogens (tertiary/aromatic N) is 1. The van der Waals surface area contributed by atoms with Crippen molar-refractivity contribution < 1.29 is 49.4 Å². The molecule has 0 fully saturated rings. The van der Waals surface area contributed by atoms with Gasteiger partial charge >= 0.3 is 18.3 Å². The second-order valence-electron chi connectivity index (χ2n) is 5.83. The molecule has 0 atom stereocenters. The molecular weight excluding hydrogens is 464 g/mol. The van der Waals surface area contributed by atoms with Crippen molar-refractivity contribution in [2.24, 2.45) is 0 Å². The summed E-state index contributed by atoms with van der Waals surface area (Å²) in [5.41, 5.74) is -6.99. The summed E-state index contributed by atoms with van der Waals surface area (Å²) in [6.07, 6.45) is -12.1. The Morgan fingerprint density at radius 3 is 1.97 bits per heavy atom. The van der Waals surface area contributed by atoms with E-state index in [1.165, 1.54) is 5.38 Å². The fraction of sp³-hybridized carbons (Fsp3) is 0.312. The van der Waals surface area contributed by atoms with Crippen LogP contribution in [-0.2, 0) is 20.4 Å². The van der Waals surface area contributed by atoms with E-state index in [1.807, 2.05) is 0 Å². The monoisotopic (exact) mass is 477 g/mol. The molecule has 0 bridgehead atoms. The molecule has 0 aliphatic heterocycles. The maximum atomic E-state index is 13.0. The fourth-order valence-electron chi connectivity index (χ4n) is 2.43. The van der Waals surface area contributed by atoms with Crippen molar-refractivity contribution in [3.63, 3.8) is 0 Å². The number of carbonyl (C=O) groups is 1. The Hall–Kier alpha value is -2.32. The second kappa shape index (κ2) is 7.74. The second-order valence-corrected chi connectivity index (χ2v) is 8.68. The molecule has 2 aromatic rings. The number of thiophene rings is 1. The van der Waals surface area contributed by atoms with Crippen molar-refractivity contribution in [2.45, 2.75) is 22.8 Å². The SMILES string of the molecule is COC(=O)c1sccc1S(=O)(=O)N(C)c1ccc(C(O)(C(F)(F)F)C(F)(F)F)cc1. The van der Waals surface area contributed by atoms with Crippen LogP contribution in [0.4, 0.5) is 32.0 Å². The van der Waals surface area contributed by atoms with Crippen LogP contribution >= 0.6 is 11.3 Å². The molecule has 1 heterocycles. The number of aliphatic hydroxyl groups is 1. The van der Waals surface area contributed by atoms with Crippen LogP contribution in [-0.4, -0.2) is 46.0 Å². The quantitative estimate of drug-likeness (QED) is 0.525. The molecule has 0 saturated heterocycles. The number of hydrogen-bond donors (Lipinski definition) is 1. The van der Waals surface area contributed by atoms with Crippen LogP contribution in [0.2, 0.25) is 0 Å². The average Bonchev–Trinajstić information content (AvgIpc) is 3.15. The number of hydrogen-bond acceptors (Lipinski definition) is 6. The Balaban J connectivity index is 2.48. The Labute approximate surface area is 170 Å². The first-order valence-corrected chi connectivity index (χ1v) is 10.0. The predicted molar refractivity (Wildman–Crippen MR) is 93.7 cm³/mol. The number of benzene rings is 1. The number of esters is 1. The highest BCUT2D eigenvalue weighted by Crippen LogP contribution is 2.50. The van der Waals surface area contributed by atoms with Gasteiger partial charge in [0.15, 0.2) is 0 Å². The molecule has 166 valence electrons. The summed E-state index contributed by atoms with van der Waals surface area (Å²) in [7, 11) is -2.38. The van der Waals surface area contributed by atoms with E-state index in [9.17, 15) is 44.7 Å². The number of anilines is 1. The standard InChI is InChI=1S/C16H13F6NO5S2/c1-23(30(26,27)11-7-8-29-12(11)13(24)28-2)10-5-3-9(4-6-10)14(25,15(17,18)19)16(20,21)22/h3-8,25H,1-2H3. The van der Waals surface area contributed by atoms with E-state index >= 15 is 0 Å².